The van der Waals surface area contributed by atoms with E-state index in [1.54, 1.807) is 14.0 Å². The first-order valence-corrected chi connectivity index (χ1v) is 6.29. The zero-order valence-electron chi connectivity index (χ0n) is 11.7. The molecule has 4 heteroatoms. The van der Waals surface area contributed by atoms with Gasteiger partial charge in [-0.1, -0.05) is 6.07 Å². The van der Waals surface area contributed by atoms with Gasteiger partial charge in [-0.3, -0.25) is 0 Å². The Labute approximate surface area is 109 Å². The fourth-order valence-corrected chi connectivity index (χ4v) is 2.00. The number of hydrogen-bond acceptors (Lipinski definition) is 4. The highest BCUT2D eigenvalue weighted by Crippen LogP contribution is 2.33. The summed E-state index contributed by atoms with van der Waals surface area (Å²) in [6.45, 7) is 4.53. The van der Waals surface area contributed by atoms with E-state index in [4.69, 9.17) is 10.5 Å². The van der Waals surface area contributed by atoms with Gasteiger partial charge in [-0.2, -0.15) is 0 Å². The van der Waals surface area contributed by atoms with Gasteiger partial charge in [-0.05, 0) is 32.4 Å². The van der Waals surface area contributed by atoms with E-state index in [9.17, 15) is 5.11 Å². The molecule has 0 fully saturated rings. The van der Waals surface area contributed by atoms with E-state index in [0.717, 1.165) is 30.0 Å². The Hall–Kier alpha value is -1.26. The molecule has 0 aliphatic rings. The highest BCUT2D eigenvalue weighted by molar-refractivity contribution is 5.60. The Bertz CT molecular complexity index is 378. The average molecular weight is 252 g/mol. The highest BCUT2D eigenvalue weighted by atomic mass is 16.5. The van der Waals surface area contributed by atoms with E-state index in [2.05, 4.69) is 4.90 Å². The molecule has 1 aromatic rings. The molecule has 0 aliphatic heterocycles. The van der Waals surface area contributed by atoms with Gasteiger partial charge in [-0.25, -0.2) is 0 Å². The summed E-state index contributed by atoms with van der Waals surface area (Å²) in [6, 6.07) is 5.82. The molecule has 1 rings (SSSR count). The molecule has 0 spiro atoms. The number of nitrogens with zero attached hydrogens (tertiary/aromatic N) is 1. The van der Waals surface area contributed by atoms with Crippen LogP contribution >= 0.6 is 0 Å². The molecule has 102 valence electrons. The van der Waals surface area contributed by atoms with Gasteiger partial charge in [0.15, 0.2) is 0 Å². The predicted molar refractivity (Wildman–Crippen MR) is 75.2 cm³/mol. The quantitative estimate of drug-likeness (QED) is 0.812. The lowest BCUT2D eigenvalue weighted by Crippen LogP contribution is -2.24. The number of aliphatic hydroxyl groups excluding tert-OH is 1. The fraction of sp³-hybridized carbons (Fsp3) is 0.571. The number of aliphatic hydroxyl groups is 1. The minimum absolute atomic E-state index is 0.0925. The van der Waals surface area contributed by atoms with Crippen molar-refractivity contribution in [3.8, 4) is 5.75 Å². The van der Waals surface area contributed by atoms with Crippen molar-refractivity contribution in [1.29, 1.82) is 0 Å². The lowest BCUT2D eigenvalue weighted by molar-refractivity contribution is 0.187. The molecular weight excluding hydrogens is 228 g/mol. The van der Waals surface area contributed by atoms with Crippen LogP contribution in [0.25, 0.3) is 0 Å². The number of benzene rings is 1. The second kappa shape index (κ2) is 6.61. The molecule has 1 aromatic carbocycles. The van der Waals surface area contributed by atoms with Crippen molar-refractivity contribution < 1.29 is 9.84 Å². The Balaban J connectivity index is 2.99. The molecule has 0 amide bonds. The maximum atomic E-state index is 9.35. The normalized spacial score (nSPS) is 14.1. The highest BCUT2D eigenvalue weighted by Gasteiger charge is 2.16. The largest absolute Gasteiger partial charge is 0.496 e. The first kappa shape index (κ1) is 14.8. The van der Waals surface area contributed by atoms with Crippen molar-refractivity contribution in [3.05, 3.63) is 23.8 Å². The molecule has 0 aromatic heterocycles. The number of hydrogen-bond donors (Lipinski definition) is 2. The number of ether oxygens (including phenoxy) is 1. The van der Waals surface area contributed by atoms with Gasteiger partial charge in [-0.15, -0.1) is 0 Å². The summed E-state index contributed by atoms with van der Waals surface area (Å²) < 4.78 is 5.37. The summed E-state index contributed by atoms with van der Waals surface area (Å²) in [6.07, 6.45) is 0.434. The third-order valence-corrected chi connectivity index (χ3v) is 3.01. The van der Waals surface area contributed by atoms with E-state index in [1.165, 1.54) is 0 Å². The SMILES string of the molecule is COc1cccc(N(C)CCC(C)O)c1C(C)N. The summed E-state index contributed by atoms with van der Waals surface area (Å²) in [5.74, 6) is 0.811. The van der Waals surface area contributed by atoms with Gasteiger partial charge >= 0.3 is 0 Å². The minimum Gasteiger partial charge on any atom is -0.496 e. The molecule has 0 radical (unpaired) electrons. The first-order valence-electron chi connectivity index (χ1n) is 6.29. The van der Waals surface area contributed by atoms with Crippen LogP contribution in [0.2, 0.25) is 0 Å². The molecule has 0 heterocycles. The monoisotopic (exact) mass is 252 g/mol. The van der Waals surface area contributed by atoms with Crippen molar-refractivity contribution in [2.24, 2.45) is 5.73 Å². The van der Waals surface area contributed by atoms with Crippen LogP contribution in [0.1, 0.15) is 31.9 Å². The zero-order chi connectivity index (χ0) is 13.7. The molecule has 0 bridgehead atoms. The second-order valence-electron chi connectivity index (χ2n) is 4.74. The Morgan fingerprint density at radius 2 is 2.06 bits per heavy atom. The van der Waals surface area contributed by atoms with Crippen molar-refractivity contribution in [2.75, 3.05) is 25.6 Å². The summed E-state index contributed by atoms with van der Waals surface area (Å²) in [5, 5.41) is 9.35. The number of anilines is 1. The standard InChI is InChI=1S/C14H24N2O2/c1-10(17)8-9-16(3)12-6-5-7-13(18-4)14(12)11(2)15/h5-7,10-11,17H,8-9,15H2,1-4H3. The van der Waals surface area contributed by atoms with E-state index >= 15 is 0 Å². The Morgan fingerprint density at radius 3 is 2.56 bits per heavy atom. The molecule has 4 nitrogen and oxygen atoms in total. The van der Waals surface area contributed by atoms with E-state index < -0.39 is 0 Å². The minimum atomic E-state index is -0.295. The van der Waals surface area contributed by atoms with Crippen LogP contribution < -0.4 is 15.4 Å². The van der Waals surface area contributed by atoms with Crippen molar-refractivity contribution >= 4 is 5.69 Å². The van der Waals surface area contributed by atoms with E-state index in [0.29, 0.717) is 0 Å². The number of rotatable bonds is 6. The third-order valence-electron chi connectivity index (χ3n) is 3.01. The van der Waals surface area contributed by atoms with Gasteiger partial charge in [0.05, 0.1) is 13.2 Å². The van der Waals surface area contributed by atoms with Gasteiger partial charge in [0.2, 0.25) is 0 Å². The van der Waals surface area contributed by atoms with Crippen molar-refractivity contribution in [3.63, 3.8) is 0 Å². The van der Waals surface area contributed by atoms with Crippen LogP contribution in [0.15, 0.2) is 18.2 Å². The molecule has 0 aliphatic carbocycles. The maximum Gasteiger partial charge on any atom is 0.125 e. The molecule has 18 heavy (non-hydrogen) atoms. The van der Waals surface area contributed by atoms with Crippen LogP contribution in [-0.4, -0.2) is 31.9 Å². The molecule has 3 N–H and O–H groups in total. The van der Waals surface area contributed by atoms with E-state index in [1.807, 2.05) is 32.2 Å². The van der Waals surface area contributed by atoms with Crippen molar-refractivity contribution in [2.45, 2.75) is 32.4 Å². The first-order chi connectivity index (χ1) is 8.47. The third kappa shape index (κ3) is 3.62. The van der Waals surface area contributed by atoms with Crippen LogP contribution in [0.3, 0.4) is 0 Å². The maximum absolute atomic E-state index is 9.35. The molecule has 2 atom stereocenters. The smallest absolute Gasteiger partial charge is 0.125 e. The van der Waals surface area contributed by atoms with Crippen LogP contribution in [-0.2, 0) is 0 Å². The van der Waals surface area contributed by atoms with Gasteiger partial charge in [0.25, 0.3) is 0 Å². The second-order valence-corrected chi connectivity index (χ2v) is 4.74. The van der Waals surface area contributed by atoms with Crippen LogP contribution in [0.4, 0.5) is 5.69 Å². The molecule has 0 saturated heterocycles. The lowest BCUT2D eigenvalue weighted by atomic mass is 10.0. The van der Waals surface area contributed by atoms with Crippen LogP contribution in [0, 0.1) is 0 Å². The number of nitrogens with two attached hydrogens (primary N) is 1. The van der Waals surface area contributed by atoms with Gasteiger partial charge in [0, 0.05) is 30.9 Å². The van der Waals surface area contributed by atoms with Crippen LogP contribution in [0.5, 0.6) is 5.75 Å². The summed E-state index contributed by atoms with van der Waals surface area (Å²) in [5.41, 5.74) is 8.10. The average Bonchev–Trinajstić information content (AvgIpc) is 2.34. The zero-order valence-corrected chi connectivity index (χ0v) is 11.7. The fourth-order valence-electron chi connectivity index (χ4n) is 2.00. The predicted octanol–water partition coefficient (Wildman–Crippen LogP) is 1.92. The van der Waals surface area contributed by atoms with Crippen molar-refractivity contribution in [1.82, 2.24) is 0 Å². The Morgan fingerprint density at radius 1 is 1.39 bits per heavy atom. The number of methoxy groups -OCH3 is 1. The Kier molecular flexibility index (Phi) is 5.44. The molecule has 0 saturated carbocycles. The van der Waals surface area contributed by atoms with Gasteiger partial charge in [0.1, 0.15) is 5.75 Å². The lowest BCUT2D eigenvalue weighted by Gasteiger charge is -2.26. The molecule has 2 unspecified atom stereocenters. The summed E-state index contributed by atoms with van der Waals surface area (Å²) in [4.78, 5) is 2.11. The summed E-state index contributed by atoms with van der Waals surface area (Å²) >= 11 is 0. The summed E-state index contributed by atoms with van der Waals surface area (Å²) in [7, 11) is 3.66. The van der Waals surface area contributed by atoms with E-state index in [-0.39, 0.29) is 12.1 Å². The van der Waals surface area contributed by atoms with Gasteiger partial charge < -0.3 is 20.5 Å². The molecular formula is C14H24N2O2. The topological polar surface area (TPSA) is 58.7 Å².